The second-order valence-corrected chi connectivity index (χ2v) is 6.77. The van der Waals surface area contributed by atoms with E-state index in [9.17, 15) is 18.0 Å². The van der Waals surface area contributed by atoms with E-state index >= 15 is 0 Å². The summed E-state index contributed by atoms with van der Waals surface area (Å²) in [7, 11) is 1.82. The molecule has 1 atom stereocenters. The average molecular weight is 412 g/mol. The standard InChI is InChI=1S/C19H17ClF3N3O2/c1-11(16-6-4-13(8-24-16)28-10-19(21,22)23)25-18(27)15-9-26(2)17-7-12(20)3-5-14(15)17/h3-9,11H,10H2,1-2H3,(H,25,27). The largest absolute Gasteiger partial charge is 0.483 e. The third kappa shape index (κ3) is 4.56. The molecule has 148 valence electrons. The van der Waals surface area contributed by atoms with E-state index in [1.165, 1.54) is 18.3 Å². The molecule has 1 aromatic carbocycles. The molecule has 0 bridgehead atoms. The topological polar surface area (TPSA) is 56.2 Å². The monoisotopic (exact) mass is 411 g/mol. The number of nitrogens with one attached hydrogen (secondary N) is 1. The molecule has 9 heteroatoms. The molecule has 1 unspecified atom stereocenters. The van der Waals surface area contributed by atoms with Gasteiger partial charge in [-0.25, -0.2) is 0 Å². The summed E-state index contributed by atoms with van der Waals surface area (Å²) in [5, 5.41) is 4.18. The van der Waals surface area contributed by atoms with Crippen molar-refractivity contribution in [3.8, 4) is 5.75 Å². The summed E-state index contributed by atoms with van der Waals surface area (Å²) in [6, 6.07) is 7.72. The van der Waals surface area contributed by atoms with Crippen LogP contribution in [0.25, 0.3) is 10.9 Å². The van der Waals surface area contributed by atoms with Crippen molar-refractivity contribution in [2.24, 2.45) is 7.05 Å². The molecule has 0 aliphatic carbocycles. The highest BCUT2D eigenvalue weighted by atomic mass is 35.5. The van der Waals surface area contributed by atoms with E-state index in [4.69, 9.17) is 11.6 Å². The number of carbonyl (C=O) groups is 1. The number of nitrogens with zero attached hydrogens (tertiary/aromatic N) is 2. The van der Waals surface area contributed by atoms with E-state index < -0.39 is 18.8 Å². The molecule has 0 aliphatic rings. The van der Waals surface area contributed by atoms with Gasteiger partial charge in [-0.05, 0) is 31.2 Å². The number of ether oxygens (including phenoxy) is 1. The fraction of sp³-hybridized carbons (Fsp3) is 0.263. The van der Waals surface area contributed by atoms with Crippen molar-refractivity contribution in [2.45, 2.75) is 19.1 Å². The van der Waals surface area contributed by atoms with Crippen molar-refractivity contribution >= 4 is 28.4 Å². The molecule has 0 fully saturated rings. The fourth-order valence-corrected chi connectivity index (χ4v) is 2.95. The van der Waals surface area contributed by atoms with Gasteiger partial charge in [0, 0.05) is 23.7 Å². The third-order valence-electron chi connectivity index (χ3n) is 4.15. The van der Waals surface area contributed by atoms with Gasteiger partial charge in [-0.3, -0.25) is 9.78 Å². The van der Waals surface area contributed by atoms with Crippen LogP contribution >= 0.6 is 11.6 Å². The van der Waals surface area contributed by atoms with E-state index in [1.54, 1.807) is 31.3 Å². The highest BCUT2D eigenvalue weighted by Gasteiger charge is 2.28. The van der Waals surface area contributed by atoms with Crippen molar-refractivity contribution < 1.29 is 22.7 Å². The summed E-state index contributed by atoms with van der Waals surface area (Å²) in [5.41, 5.74) is 1.82. The predicted octanol–water partition coefficient (Wildman–Crippen LogP) is 4.66. The zero-order chi connectivity index (χ0) is 20.5. The lowest BCUT2D eigenvalue weighted by atomic mass is 10.1. The molecule has 0 saturated heterocycles. The Kier molecular flexibility index (Phi) is 5.51. The normalized spacial score (nSPS) is 12.8. The Bertz CT molecular complexity index is 1000. The molecular formula is C19H17ClF3N3O2. The molecule has 0 saturated carbocycles. The summed E-state index contributed by atoms with van der Waals surface area (Å²) < 4.78 is 43.0. The molecule has 3 aromatic rings. The predicted molar refractivity (Wildman–Crippen MR) is 99.6 cm³/mol. The summed E-state index contributed by atoms with van der Waals surface area (Å²) in [4.78, 5) is 16.8. The van der Waals surface area contributed by atoms with Gasteiger partial charge >= 0.3 is 6.18 Å². The van der Waals surface area contributed by atoms with Gasteiger partial charge in [-0.2, -0.15) is 13.2 Å². The number of alkyl halides is 3. The minimum atomic E-state index is -4.41. The first-order valence-corrected chi connectivity index (χ1v) is 8.73. The van der Waals surface area contributed by atoms with Crippen molar-refractivity contribution in [2.75, 3.05) is 6.61 Å². The molecule has 28 heavy (non-hydrogen) atoms. The van der Waals surface area contributed by atoms with Crippen LogP contribution in [0, 0.1) is 0 Å². The molecule has 1 amide bonds. The van der Waals surface area contributed by atoms with Crippen LogP contribution < -0.4 is 10.1 Å². The number of carbonyl (C=O) groups excluding carboxylic acids is 1. The molecule has 3 rings (SSSR count). The van der Waals surface area contributed by atoms with E-state index in [0.29, 0.717) is 16.3 Å². The molecule has 1 N–H and O–H groups in total. The summed E-state index contributed by atoms with van der Waals surface area (Å²) in [5.74, 6) is -0.287. The Morgan fingerprint density at radius 2 is 2.07 bits per heavy atom. The number of aromatic nitrogens is 2. The van der Waals surface area contributed by atoms with E-state index in [0.717, 1.165) is 10.9 Å². The minimum Gasteiger partial charge on any atom is -0.483 e. The van der Waals surface area contributed by atoms with Crippen LogP contribution in [0.2, 0.25) is 5.02 Å². The first-order chi connectivity index (χ1) is 13.1. The van der Waals surface area contributed by atoms with Gasteiger partial charge < -0.3 is 14.6 Å². The number of hydrogen-bond acceptors (Lipinski definition) is 3. The van der Waals surface area contributed by atoms with Crippen molar-refractivity contribution in [3.05, 3.63) is 59.0 Å². The summed E-state index contributed by atoms with van der Waals surface area (Å²) >= 11 is 6.01. The summed E-state index contributed by atoms with van der Waals surface area (Å²) in [6.45, 7) is 0.351. The van der Waals surface area contributed by atoms with Crippen molar-refractivity contribution in [1.82, 2.24) is 14.9 Å². The Balaban J connectivity index is 1.71. The molecule has 0 radical (unpaired) electrons. The maximum absolute atomic E-state index is 12.7. The smallest absolute Gasteiger partial charge is 0.422 e. The average Bonchev–Trinajstić information content (AvgIpc) is 2.96. The van der Waals surface area contributed by atoms with Crippen LogP contribution in [0.3, 0.4) is 0 Å². The molecule has 5 nitrogen and oxygen atoms in total. The Morgan fingerprint density at radius 1 is 1.32 bits per heavy atom. The summed E-state index contributed by atoms with van der Waals surface area (Å²) in [6.07, 6.45) is -1.50. The maximum Gasteiger partial charge on any atom is 0.422 e. The lowest BCUT2D eigenvalue weighted by Gasteiger charge is -2.14. The van der Waals surface area contributed by atoms with Gasteiger partial charge in [0.25, 0.3) is 5.91 Å². The number of rotatable bonds is 5. The van der Waals surface area contributed by atoms with Gasteiger partial charge in [0.1, 0.15) is 5.75 Å². The van der Waals surface area contributed by atoms with Crippen molar-refractivity contribution in [1.29, 1.82) is 0 Å². The Hall–Kier alpha value is -2.74. The minimum absolute atomic E-state index is 0.00512. The van der Waals surface area contributed by atoms with Crippen LogP contribution in [0.5, 0.6) is 5.75 Å². The van der Waals surface area contributed by atoms with E-state index in [-0.39, 0.29) is 11.7 Å². The fourth-order valence-electron chi connectivity index (χ4n) is 2.78. The van der Waals surface area contributed by atoms with Gasteiger partial charge in [0.2, 0.25) is 0 Å². The first-order valence-electron chi connectivity index (χ1n) is 8.35. The van der Waals surface area contributed by atoms with Gasteiger partial charge in [-0.1, -0.05) is 17.7 Å². The SMILES string of the molecule is CC(NC(=O)c1cn(C)c2cc(Cl)ccc12)c1ccc(OCC(F)(F)F)cn1. The second-order valence-electron chi connectivity index (χ2n) is 6.33. The van der Waals surface area contributed by atoms with Crippen LogP contribution in [-0.2, 0) is 7.05 Å². The second kappa shape index (κ2) is 7.71. The molecule has 2 aromatic heterocycles. The number of hydrogen-bond donors (Lipinski definition) is 1. The van der Waals surface area contributed by atoms with E-state index in [1.807, 2.05) is 11.6 Å². The van der Waals surface area contributed by atoms with Gasteiger partial charge in [0.15, 0.2) is 6.61 Å². The number of pyridine rings is 1. The van der Waals surface area contributed by atoms with Gasteiger partial charge in [0.05, 0.1) is 29.0 Å². The number of fused-ring (bicyclic) bond motifs is 1. The number of aryl methyl sites for hydroxylation is 1. The number of amides is 1. The third-order valence-corrected chi connectivity index (χ3v) is 4.39. The highest BCUT2D eigenvalue weighted by molar-refractivity contribution is 6.31. The zero-order valence-electron chi connectivity index (χ0n) is 15.0. The van der Waals surface area contributed by atoms with Gasteiger partial charge in [-0.15, -0.1) is 0 Å². The highest BCUT2D eigenvalue weighted by Crippen LogP contribution is 2.25. The quantitative estimate of drug-likeness (QED) is 0.664. The van der Waals surface area contributed by atoms with Crippen molar-refractivity contribution in [3.63, 3.8) is 0 Å². The zero-order valence-corrected chi connectivity index (χ0v) is 15.8. The first kappa shape index (κ1) is 20.0. The number of halogens is 4. The molecule has 0 spiro atoms. The van der Waals surface area contributed by atoms with E-state index in [2.05, 4.69) is 15.0 Å². The lowest BCUT2D eigenvalue weighted by molar-refractivity contribution is -0.153. The maximum atomic E-state index is 12.7. The van der Waals surface area contributed by atoms with Crippen LogP contribution in [-0.4, -0.2) is 28.2 Å². The Labute approximate surface area is 164 Å². The van der Waals surface area contributed by atoms with Crippen LogP contribution in [0.4, 0.5) is 13.2 Å². The lowest BCUT2D eigenvalue weighted by Crippen LogP contribution is -2.27. The molecule has 2 heterocycles. The molecule has 0 aliphatic heterocycles. The van der Waals surface area contributed by atoms with Crippen LogP contribution in [0.1, 0.15) is 29.0 Å². The van der Waals surface area contributed by atoms with Crippen LogP contribution in [0.15, 0.2) is 42.7 Å². The number of benzene rings is 1. The Morgan fingerprint density at radius 3 is 2.71 bits per heavy atom. The molecular weight excluding hydrogens is 395 g/mol.